The summed E-state index contributed by atoms with van der Waals surface area (Å²) in [6.07, 6.45) is 1.35. The molecular weight excluding hydrogens is 336 g/mol. The van der Waals surface area contributed by atoms with Crippen LogP contribution >= 0.6 is 0 Å². The second kappa shape index (κ2) is 7.09. The standard InChI is InChI=1S/C20H24O6/c1-5-17(22)25-16-8-15-13(9-24-12(4)21)6-7-14-10(2)20(23)26-19(14)18(15)11(16)3/h14,16,18-19H,2-3,5-9H2,1,4H3. The molecule has 4 atom stereocenters. The van der Waals surface area contributed by atoms with Gasteiger partial charge in [0.1, 0.15) is 18.8 Å². The molecule has 2 fully saturated rings. The lowest BCUT2D eigenvalue weighted by Crippen LogP contribution is -2.28. The zero-order valence-corrected chi connectivity index (χ0v) is 15.2. The number of rotatable bonds is 4. The van der Waals surface area contributed by atoms with Crippen LogP contribution in [0.4, 0.5) is 0 Å². The minimum absolute atomic E-state index is 0.102. The second-order valence-corrected chi connectivity index (χ2v) is 7.04. The van der Waals surface area contributed by atoms with Crippen LogP contribution in [0.25, 0.3) is 0 Å². The molecule has 26 heavy (non-hydrogen) atoms. The van der Waals surface area contributed by atoms with Crippen LogP contribution in [-0.2, 0) is 28.6 Å². The number of esters is 3. The summed E-state index contributed by atoms with van der Waals surface area (Å²) < 4.78 is 16.4. The molecule has 3 rings (SSSR count). The van der Waals surface area contributed by atoms with Crippen molar-refractivity contribution in [1.29, 1.82) is 0 Å². The van der Waals surface area contributed by atoms with Gasteiger partial charge in [0.25, 0.3) is 0 Å². The Kier molecular flexibility index (Phi) is 5.03. The van der Waals surface area contributed by atoms with E-state index in [0.717, 1.165) is 16.7 Å². The summed E-state index contributed by atoms with van der Waals surface area (Å²) in [4.78, 5) is 35.0. The Labute approximate surface area is 152 Å². The van der Waals surface area contributed by atoms with Gasteiger partial charge in [0.05, 0.1) is 0 Å². The van der Waals surface area contributed by atoms with E-state index in [4.69, 9.17) is 14.2 Å². The first-order valence-corrected chi connectivity index (χ1v) is 8.95. The summed E-state index contributed by atoms with van der Waals surface area (Å²) in [7, 11) is 0. The molecule has 0 radical (unpaired) electrons. The summed E-state index contributed by atoms with van der Waals surface area (Å²) in [6.45, 7) is 11.3. The minimum Gasteiger partial charge on any atom is -0.461 e. The van der Waals surface area contributed by atoms with Crippen molar-refractivity contribution in [2.75, 3.05) is 6.61 Å². The van der Waals surface area contributed by atoms with Gasteiger partial charge in [-0.3, -0.25) is 9.59 Å². The lowest BCUT2D eigenvalue weighted by atomic mass is 9.84. The topological polar surface area (TPSA) is 78.9 Å². The first-order chi connectivity index (χ1) is 12.3. The minimum atomic E-state index is -0.443. The average molecular weight is 360 g/mol. The molecular formula is C20H24O6. The van der Waals surface area contributed by atoms with Gasteiger partial charge in [0, 0.05) is 37.2 Å². The van der Waals surface area contributed by atoms with Crippen LogP contribution in [0.5, 0.6) is 0 Å². The molecule has 0 aromatic heterocycles. The van der Waals surface area contributed by atoms with E-state index in [1.165, 1.54) is 6.92 Å². The van der Waals surface area contributed by atoms with Crippen molar-refractivity contribution in [3.05, 3.63) is 35.5 Å². The van der Waals surface area contributed by atoms with Crippen molar-refractivity contribution in [2.45, 2.75) is 51.7 Å². The van der Waals surface area contributed by atoms with Crippen LogP contribution in [0.2, 0.25) is 0 Å². The molecule has 1 aliphatic heterocycles. The molecule has 1 heterocycles. The molecule has 6 heteroatoms. The molecule has 4 unspecified atom stereocenters. The first-order valence-electron chi connectivity index (χ1n) is 8.95. The van der Waals surface area contributed by atoms with Gasteiger partial charge < -0.3 is 14.2 Å². The molecule has 0 amide bonds. The van der Waals surface area contributed by atoms with Crippen molar-refractivity contribution < 1.29 is 28.6 Å². The van der Waals surface area contributed by atoms with Crippen LogP contribution in [0.3, 0.4) is 0 Å². The van der Waals surface area contributed by atoms with Gasteiger partial charge in [0.2, 0.25) is 0 Å². The second-order valence-electron chi connectivity index (χ2n) is 7.04. The third-order valence-corrected chi connectivity index (χ3v) is 5.50. The average Bonchev–Trinajstić information content (AvgIpc) is 2.99. The number of carbonyl (C=O) groups is 3. The zero-order valence-electron chi connectivity index (χ0n) is 15.2. The Bertz CT molecular complexity index is 716. The highest BCUT2D eigenvalue weighted by Gasteiger charge is 2.51. The highest BCUT2D eigenvalue weighted by atomic mass is 16.6. The number of ether oxygens (including phenoxy) is 3. The molecule has 0 aromatic rings. The third kappa shape index (κ3) is 3.20. The molecule has 3 aliphatic rings. The van der Waals surface area contributed by atoms with E-state index in [1.807, 2.05) is 0 Å². The lowest BCUT2D eigenvalue weighted by molar-refractivity contribution is -0.147. The fraction of sp³-hybridized carbons (Fsp3) is 0.550. The molecule has 1 saturated carbocycles. The molecule has 0 spiro atoms. The van der Waals surface area contributed by atoms with Gasteiger partial charge in [-0.1, -0.05) is 25.7 Å². The van der Waals surface area contributed by atoms with E-state index in [9.17, 15) is 14.4 Å². The monoisotopic (exact) mass is 360 g/mol. The zero-order chi connectivity index (χ0) is 19.0. The van der Waals surface area contributed by atoms with Crippen molar-refractivity contribution >= 4 is 17.9 Å². The van der Waals surface area contributed by atoms with Crippen LogP contribution in [-0.4, -0.2) is 36.7 Å². The Hall–Kier alpha value is -2.37. The molecule has 140 valence electrons. The molecule has 2 aliphatic carbocycles. The molecule has 0 N–H and O–H groups in total. The molecule has 1 saturated heterocycles. The van der Waals surface area contributed by atoms with Crippen molar-refractivity contribution in [3.63, 3.8) is 0 Å². The van der Waals surface area contributed by atoms with Gasteiger partial charge >= 0.3 is 17.9 Å². The Balaban J connectivity index is 1.95. The summed E-state index contributed by atoms with van der Waals surface area (Å²) in [5.74, 6) is -1.34. The Morgan fingerprint density at radius 3 is 2.69 bits per heavy atom. The number of carbonyl (C=O) groups excluding carboxylic acids is 3. The van der Waals surface area contributed by atoms with E-state index in [2.05, 4.69) is 13.2 Å². The summed E-state index contributed by atoms with van der Waals surface area (Å²) in [5, 5.41) is 0. The van der Waals surface area contributed by atoms with E-state index in [0.29, 0.717) is 24.8 Å². The van der Waals surface area contributed by atoms with E-state index in [-0.39, 0.29) is 48.9 Å². The van der Waals surface area contributed by atoms with E-state index < -0.39 is 6.10 Å². The highest BCUT2D eigenvalue weighted by Crippen LogP contribution is 2.50. The molecule has 6 nitrogen and oxygen atoms in total. The number of hydrogen-bond acceptors (Lipinski definition) is 6. The Morgan fingerprint density at radius 2 is 2.04 bits per heavy atom. The van der Waals surface area contributed by atoms with Gasteiger partial charge in [-0.15, -0.1) is 0 Å². The van der Waals surface area contributed by atoms with Crippen LogP contribution in [0, 0.1) is 11.8 Å². The predicted octanol–water partition coefficient (Wildman–Crippen LogP) is 2.64. The van der Waals surface area contributed by atoms with Crippen LogP contribution < -0.4 is 0 Å². The fourth-order valence-electron chi connectivity index (χ4n) is 4.13. The van der Waals surface area contributed by atoms with E-state index >= 15 is 0 Å². The SMILES string of the molecule is C=C1C(=O)OC2C1CCC(COC(C)=O)=C1CC(OC(=O)CC)C(=C)C12. The third-order valence-electron chi connectivity index (χ3n) is 5.50. The smallest absolute Gasteiger partial charge is 0.334 e. The quantitative estimate of drug-likeness (QED) is 0.332. The normalized spacial score (nSPS) is 30.5. The van der Waals surface area contributed by atoms with Crippen molar-refractivity contribution in [2.24, 2.45) is 11.8 Å². The maximum atomic E-state index is 12.0. The van der Waals surface area contributed by atoms with Gasteiger partial charge in [-0.05, 0) is 24.0 Å². The summed E-state index contributed by atoms with van der Waals surface area (Å²) >= 11 is 0. The lowest BCUT2D eigenvalue weighted by Gasteiger charge is -2.24. The van der Waals surface area contributed by atoms with Gasteiger partial charge in [-0.25, -0.2) is 4.79 Å². The fourth-order valence-corrected chi connectivity index (χ4v) is 4.13. The largest absolute Gasteiger partial charge is 0.461 e. The summed E-state index contributed by atoms with van der Waals surface area (Å²) in [5.41, 5.74) is 3.23. The number of hydrogen-bond donors (Lipinski definition) is 0. The van der Waals surface area contributed by atoms with Crippen LogP contribution in [0.15, 0.2) is 35.5 Å². The van der Waals surface area contributed by atoms with Crippen molar-refractivity contribution in [3.8, 4) is 0 Å². The number of fused-ring (bicyclic) bond motifs is 3. The van der Waals surface area contributed by atoms with Gasteiger partial charge in [-0.2, -0.15) is 0 Å². The molecule has 0 bridgehead atoms. The maximum absolute atomic E-state index is 12.0. The molecule has 0 aromatic carbocycles. The predicted molar refractivity (Wildman–Crippen MR) is 92.8 cm³/mol. The van der Waals surface area contributed by atoms with Gasteiger partial charge in [0.15, 0.2) is 0 Å². The Morgan fingerprint density at radius 1 is 1.31 bits per heavy atom. The highest BCUT2D eigenvalue weighted by molar-refractivity contribution is 5.91. The summed E-state index contributed by atoms with van der Waals surface area (Å²) in [6, 6.07) is 0. The van der Waals surface area contributed by atoms with Crippen LogP contribution in [0.1, 0.15) is 39.5 Å². The first kappa shape index (κ1) is 18.4. The van der Waals surface area contributed by atoms with E-state index in [1.54, 1.807) is 6.92 Å². The van der Waals surface area contributed by atoms with Crippen molar-refractivity contribution in [1.82, 2.24) is 0 Å². The maximum Gasteiger partial charge on any atom is 0.334 e.